The molecule has 2 atom stereocenters. The van der Waals surface area contributed by atoms with Crippen molar-refractivity contribution in [2.45, 2.75) is 26.0 Å². The Morgan fingerprint density at radius 3 is 2.57 bits per heavy atom. The molecule has 1 fully saturated rings. The number of carboxylic acids is 1. The van der Waals surface area contributed by atoms with E-state index in [0.29, 0.717) is 5.57 Å². The third-order valence-corrected chi connectivity index (χ3v) is 3.72. The van der Waals surface area contributed by atoms with Crippen LogP contribution in [0.15, 0.2) is 42.5 Å². The highest BCUT2D eigenvalue weighted by Crippen LogP contribution is 2.28. The monoisotopic (exact) mass is 317 g/mol. The number of nitrogens with zero attached hydrogens (tertiary/aromatic N) is 1. The van der Waals surface area contributed by atoms with Crippen LogP contribution in [0.1, 0.15) is 18.9 Å². The maximum absolute atomic E-state index is 12.2. The molecule has 1 heterocycles. The maximum atomic E-state index is 12.2. The topological polar surface area (TPSA) is 83.9 Å². The summed E-state index contributed by atoms with van der Waals surface area (Å²) < 4.78 is 5.14. The van der Waals surface area contributed by atoms with E-state index in [2.05, 4.69) is 6.58 Å². The van der Waals surface area contributed by atoms with Crippen LogP contribution in [0, 0.1) is 5.92 Å². The van der Waals surface area contributed by atoms with Crippen LogP contribution in [-0.2, 0) is 20.9 Å². The second kappa shape index (κ2) is 7.09. The van der Waals surface area contributed by atoms with Crippen LogP contribution >= 0.6 is 0 Å². The van der Waals surface area contributed by atoms with E-state index in [9.17, 15) is 19.5 Å². The van der Waals surface area contributed by atoms with E-state index in [-0.39, 0.29) is 25.4 Å². The molecule has 1 saturated heterocycles. The number of Topliss-reactive ketones (excluding diaryl/α,β-unsaturated/α-hetero) is 1. The Hall–Kier alpha value is -2.63. The summed E-state index contributed by atoms with van der Waals surface area (Å²) >= 11 is 0. The van der Waals surface area contributed by atoms with Gasteiger partial charge >= 0.3 is 12.1 Å². The molecule has 1 N–H and O–H groups in total. The number of carboxylic acid groups (broad SMARTS) is 1. The Bertz CT molecular complexity index is 625. The van der Waals surface area contributed by atoms with Crippen molar-refractivity contribution < 1.29 is 24.2 Å². The predicted molar refractivity (Wildman–Crippen MR) is 82.7 cm³/mol. The van der Waals surface area contributed by atoms with Crippen molar-refractivity contribution in [1.82, 2.24) is 4.90 Å². The zero-order valence-electron chi connectivity index (χ0n) is 12.9. The molecule has 0 saturated carbocycles. The van der Waals surface area contributed by atoms with Gasteiger partial charge in [0.15, 0.2) is 5.78 Å². The number of allylic oxidation sites excluding steroid dienone is 1. The number of carbonyl (C=O) groups excluding carboxylic acids is 2. The minimum absolute atomic E-state index is 0.0296. The maximum Gasteiger partial charge on any atom is 0.411 e. The molecule has 122 valence electrons. The third kappa shape index (κ3) is 3.97. The molecule has 1 amide bonds. The Kier molecular flexibility index (Phi) is 5.16. The van der Waals surface area contributed by atoms with E-state index in [1.54, 1.807) is 19.1 Å². The summed E-state index contributed by atoms with van der Waals surface area (Å²) in [6, 6.07) is 7.84. The van der Waals surface area contributed by atoms with Crippen molar-refractivity contribution in [3.8, 4) is 0 Å². The van der Waals surface area contributed by atoms with Crippen molar-refractivity contribution in [2.24, 2.45) is 5.92 Å². The molecule has 1 aliphatic rings. The van der Waals surface area contributed by atoms with E-state index < -0.39 is 24.0 Å². The van der Waals surface area contributed by atoms with Crippen LogP contribution < -0.4 is 0 Å². The molecule has 0 aliphatic carbocycles. The van der Waals surface area contributed by atoms with E-state index in [4.69, 9.17) is 4.74 Å². The van der Waals surface area contributed by atoms with Gasteiger partial charge in [-0.25, -0.2) is 9.59 Å². The summed E-state index contributed by atoms with van der Waals surface area (Å²) in [4.78, 5) is 36.7. The first-order valence-electron chi connectivity index (χ1n) is 7.27. The lowest BCUT2D eigenvalue weighted by atomic mass is 9.92. The van der Waals surface area contributed by atoms with Gasteiger partial charge in [-0.3, -0.25) is 9.69 Å². The number of benzene rings is 1. The van der Waals surface area contributed by atoms with Crippen LogP contribution in [0.5, 0.6) is 0 Å². The summed E-state index contributed by atoms with van der Waals surface area (Å²) in [6.45, 7) is 5.22. The van der Waals surface area contributed by atoms with Crippen molar-refractivity contribution >= 4 is 17.8 Å². The highest BCUT2D eigenvalue weighted by Gasteiger charge is 2.47. The fraction of sp³-hybridized carbons (Fsp3) is 0.353. The Labute approximate surface area is 134 Å². The Balaban J connectivity index is 2.07. The van der Waals surface area contributed by atoms with Gasteiger partial charge in [-0.1, -0.05) is 35.9 Å². The number of amides is 1. The number of rotatable bonds is 5. The van der Waals surface area contributed by atoms with E-state index >= 15 is 0 Å². The Morgan fingerprint density at radius 1 is 1.35 bits per heavy atom. The van der Waals surface area contributed by atoms with Gasteiger partial charge in [0, 0.05) is 0 Å². The van der Waals surface area contributed by atoms with Gasteiger partial charge in [-0.05, 0) is 18.9 Å². The number of hydrogen-bond acceptors (Lipinski definition) is 4. The number of aliphatic carboxylic acids is 1. The van der Waals surface area contributed by atoms with Gasteiger partial charge < -0.3 is 9.84 Å². The molecule has 6 heteroatoms. The first-order chi connectivity index (χ1) is 10.9. The lowest BCUT2D eigenvalue weighted by Gasteiger charge is -2.23. The largest absolute Gasteiger partial charge is 0.480 e. The lowest BCUT2D eigenvalue weighted by molar-refractivity contribution is -0.143. The summed E-state index contributed by atoms with van der Waals surface area (Å²) in [5.74, 6) is -2.26. The molecule has 0 radical (unpaired) electrons. The zero-order valence-corrected chi connectivity index (χ0v) is 12.9. The third-order valence-electron chi connectivity index (χ3n) is 3.72. The normalized spacial score (nSPS) is 20.4. The molecule has 1 aromatic rings. The van der Waals surface area contributed by atoms with Gasteiger partial charge in [-0.15, -0.1) is 6.58 Å². The van der Waals surface area contributed by atoms with Gasteiger partial charge in [0.1, 0.15) is 12.6 Å². The highest BCUT2D eigenvalue weighted by molar-refractivity contribution is 5.97. The average molecular weight is 317 g/mol. The van der Waals surface area contributed by atoms with Gasteiger partial charge in [0.2, 0.25) is 0 Å². The first-order valence-corrected chi connectivity index (χ1v) is 7.27. The molecule has 1 aromatic carbocycles. The van der Waals surface area contributed by atoms with Crippen molar-refractivity contribution in [1.29, 1.82) is 0 Å². The minimum atomic E-state index is -1.21. The number of carbonyl (C=O) groups is 3. The molecular weight excluding hydrogens is 298 g/mol. The smallest absolute Gasteiger partial charge is 0.411 e. The lowest BCUT2D eigenvalue weighted by Crippen LogP contribution is -2.43. The molecule has 23 heavy (non-hydrogen) atoms. The van der Waals surface area contributed by atoms with E-state index in [0.717, 1.165) is 10.5 Å². The molecule has 1 unspecified atom stereocenters. The van der Waals surface area contributed by atoms with Crippen LogP contribution in [0.4, 0.5) is 4.79 Å². The summed E-state index contributed by atoms with van der Waals surface area (Å²) in [6.07, 6.45) is -0.544. The average Bonchev–Trinajstić information content (AvgIpc) is 2.82. The molecule has 6 nitrogen and oxygen atoms in total. The van der Waals surface area contributed by atoms with Crippen molar-refractivity contribution in [2.75, 3.05) is 6.54 Å². The number of hydrogen-bond donors (Lipinski definition) is 1. The SMILES string of the molecule is C=C(C)CC1C(=O)CN(C(=O)OCc2ccccc2)[C@@H]1C(=O)O. The van der Waals surface area contributed by atoms with Gasteiger partial charge in [0.25, 0.3) is 0 Å². The van der Waals surface area contributed by atoms with Gasteiger partial charge in [-0.2, -0.15) is 0 Å². The van der Waals surface area contributed by atoms with Crippen LogP contribution in [-0.4, -0.2) is 40.4 Å². The second-order valence-electron chi connectivity index (χ2n) is 5.69. The molecular formula is C17H19NO5. The van der Waals surface area contributed by atoms with Crippen LogP contribution in [0.25, 0.3) is 0 Å². The second-order valence-corrected chi connectivity index (χ2v) is 5.69. The standard InChI is InChI=1S/C17H19NO5/c1-11(2)8-13-14(19)9-18(15(13)16(20)21)17(22)23-10-12-6-4-3-5-7-12/h3-7,13,15H,1,8-10H2,2H3,(H,20,21)/t13?,15-/m0/s1. The van der Waals surface area contributed by atoms with Crippen LogP contribution in [0.3, 0.4) is 0 Å². The molecule has 2 rings (SSSR count). The summed E-state index contributed by atoms with van der Waals surface area (Å²) in [7, 11) is 0. The van der Waals surface area contributed by atoms with Gasteiger partial charge in [0.05, 0.1) is 12.5 Å². The first kappa shape index (κ1) is 16.7. The quantitative estimate of drug-likeness (QED) is 0.842. The fourth-order valence-corrected chi connectivity index (χ4v) is 2.66. The molecule has 1 aliphatic heterocycles. The number of ketones is 1. The summed E-state index contributed by atoms with van der Waals surface area (Å²) in [5.41, 5.74) is 1.49. The summed E-state index contributed by atoms with van der Waals surface area (Å²) in [5, 5.41) is 9.39. The van der Waals surface area contributed by atoms with Crippen LogP contribution in [0.2, 0.25) is 0 Å². The fourth-order valence-electron chi connectivity index (χ4n) is 2.66. The van der Waals surface area contributed by atoms with E-state index in [1.165, 1.54) is 0 Å². The number of ether oxygens (including phenoxy) is 1. The molecule has 0 spiro atoms. The van der Waals surface area contributed by atoms with E-state index in [1.807, 2.05) is 18.2 Å². The number of likely N-dealkylation sites (tertiary alicyclic amines) is 1. The molecule has 0 aromatic heterocycles. The zero-order chi connectivity index (χ0) is 17.0. The predicted octanol–water partition coefficient (Wildman–Crippen LogP) is 2.24. The minimum Gasteiger partial charge on any atom is -0.480 e. The highest BCUT2D eigenvalue weighted by atomic mass is 16.6. The van der Waals surface area contributed by atoms with Crippen molar-refractivity contribution in [3.05, 3.63) is 48.0 Å². The Morgan fingerprint density at radius 2 is 2.00 bits per heavy atom. The van der Waals surface area contributed by atoms with Crippen molar-refractivity contribution in [3.63, 3.8) is 0 Å². The molecule has 0 bridgehead atoms.